The molecule has 3 aromatic heterocycles. The number of pyridine rings is 1. The van der Waals surface area contributed by atoms with Gasteiger partial charge >= 0.3 is 0 Å². The summed E-state index contributed by atoms with van der Waals surface area (Å²) in [6.45, 7) is 2.06. The van der Waals surface area contributed by atoms with E-state index in [2.05, 4.69) is 27.2 Å². The number of H-pyrrole nitrogens is 1. The number of carbonyl (C=O) groups is 1. The zero-order valence-electron chi connectivity index (χ0n) is 17.8. The number of anilines is 1. The monoisotopic (exact) mass is 439 g/mol. The highest BCUT2D eigenvalue weighted by Crippen LogP contribution is 2.30. The van der Waals surface area contributed by atoms with Crippen LogP contribution in [0.5, 0.6) is 0 Å². The van der Waals surface area contributed by atoms with Crippen LogP contribution in [0.2, 0.25) is 0 Å². The molecule has 4 N–H and O–H groups in total. The molecule has 5 aromatic rings. The lowest BCUT2D eigenvalue weighted by molar-refractivity contribution is 0.0706. The minimum absolute atomic E-state index is 0.192. The van der Waals surface area contributed by atoms with E-state index in [1.165, 1.54) is 0 Å². The van der Waals surface area contributed by atoms with E-state index in [1.54, 1.807) is 30.1 Å². The summed E-state index contributed by atoms with van der Waals surface area (Å²) in [7, 11) is 0. The molecule has 5 rings (SSSR count). The summed E-state index contributed by atoms with van der Waals surface area (Å²) in [6.07, 6.45) is 4.10. The average molecular weight is 439 g/mol. The number of aromatic amines is 1. The van der Waals surface area contributed by atoms with Crippen LogP contribution in [0.4, 0.5) is 5.82 Å². The van der Waals surface area contributed by atoms with Crippen molar-refractivity contribution in [1.29, 1.82) is 0 Å². The number of fused-ring (bicyclic) bond motifs is 2. The summed E-state index contributed by atoms with van der Waals surface area (Å²) < 4.78 is 0. The van der Waals surface area contributed by atoms with Crippen molar-refractivity contribution < 1.29 is 10.0 Å². The number of hydrogen-bond acceptors (Lipinski definition) is 7. The van der Waals surface area contributed by atoms with Gasteiger partial charge in [-0.15, -0.1) is 0 Å². The van der Waals surface area contributed by atoms with Gasteiger partial charge in [0.1, 0.15) is 5.52 Å². The number of amides is 1. The van der Waals surface area contributed by atoms with Crippen LogP contribution in [0.15, 0.2) is 67.1 Å². The fourth-order valence-corrected chi connectivity index (χ4v) is 3.80. The van der Waals surface area contributed by atoms with Crippen LogP contribution in [0.1, 0.15) is 35.6 Å². The normalized spacial score (nSPS) is 12.1. The predicted molar refractivity (Wildman–Crippen MR) is 125 cm³/mol. The molecule has 0 saturated carbocycles. The Bertz CT molecular complexity index is 1450. The Hall–Kier alpha value is -4.37. The SMILES string of the molecule is CC[C@H](Nc1nccc2[nH]cnc12)c1nc(-c2ccc(C(=O)NO)cc2)c2ccccc2n1. The van der Waals surface area contributed by atoms with Crippen molar-refractivity contribution in [2.45, 2.75) is 19.4 Å². The third-order valence-corrected chi connectivity index (χ3v) is 5.51. The highest BCUT2D eigenvalue weighted by molar-refractivity contribution is 5.96. The van der Waals surface area contributed by atoms with Gasteiger partial charge in [0.05, 0.1) is 29.1 Å². The van der Waals surface area contributed by atoms with Crippen LogP contribution in [0, 0.1) is 0 Å². The first-order valence-electron chi connectivity index (χ1n) is 10.5. The Labute approximate surface area is 188 Å². The zero-order valence-corrected chi connectivity index (χ0v) is 17.8. The second-order valence-electron chi connectivity index (χ2n) is 7.53. The summed E-state index contributed by atoms with van der Waals surface area (Å²) in [5.41, 5.74) is 6.08. The summed E-state index contributed by atoms with van der Waals surface area (Å²) in [6, 6.07) is 16.4. The zero-order chi connectivity index (χ0) is 22.8. The first-order chi connectivity index (χ1) is 16.2. The van der Waals surface area contributed by atoms with Gasteiger partial charge in [-0.3, -0.25) is 10.0 Å². The van der Waals surface area contributed by atoms with Gasteiger partial charge in [-0.1, -0.05) is 37.3 Å². The van der Waals surface area contributed by atoms with Gasteiger partial charge in [-0.25, -0.2) is 25.4 Å². The molecule has 0 spiro atoms. The van der Waals surface area contributed by atoms with Crippen LogP contribution in [0.3, 0.4) is 0 Å². The van der Waals surface area contributed by atoms with E-state index in [4.69, 9.17) is 15.2 Å². The van der Waals surface area contributed by atoms with Crippen LogP contribution in [0.25, 0.3) is 33.2 Å². The first-order valence-corrected chi connectivity index (χ1v) is 10.5. The molecule has 0 unspecified atom stereocenters. The number of nitrogens with one attached hydrogen (secondary N) is 3. The second-order valence-corrected chi connectivity index (χ2v) is 7.53. The fraction of sp³-hybridized carbons (Fsp3) is 0.125. The quantitative estimate of drug-likeness (QED) is 0.230. The Morgan fingerprint density at radius 1 is 1.06 bits per heavy atom. The highest BCUT2D eigenvalue weighted by atomic mass is 16.5. The number of hydrogen-bond donors (Lipinski definition) is 4. The maximum atomic E-state index is 11.7. The average Bonchev–Trinajstić information content (AvgIpc) is 3.36. The van der Waals surface area contributed by atoms with Crippen molar-refractivity contribution in [1.82, 2.24) is 30.4 Å². The molecule has 0 fully saturated rings. The summed E-state index contributed by atoms with van der Waals surface area (Å²) >= 11 is 0. The Morgan fingerprint density at radius 2 is 1.88 bits per heavy atom. The predicted octanol–water partition coefficient (Wildman–Crippen LogP) is 4.25. The molecule has 0 bridgehead atoms. The molecule has 2 aromatic carbocycles. The lowest BCUT2D eigenvalue weighted by Crippen LogP contribution is -2.18. The number of para-hydroxylation sites is 1. The molecule has 9 nitrogen and oxygen atoms in total. The number of aromatic nitrogens is 5. The Kier molecular flexibility index (Phi) is 5.37. The number of nitrogens with zero attached hydrogens (tertiary/aromatic N) is 4. The molecule has 0 aliphatic heterocycles. The number of benzene rings is 2. The lowest BCUT2D eigenvalue weighted by atomic mass is 10.0. The van der Waals surface area contributed by atoms with Crippen LogP contribution in [-0.2, 0) is 0 Å². The minimum atomic E-state index is -0.565. The molecule has 164 valence electrons. The summed E-state index contributed by atoms with van der Waals surface area (Å²) in [4.78, 5) is 33.4. The van der Waals surface area contributed by atoms with Gasteiger partial charge in [0.15, 0.2) is 11.6 Å². The fourth-order valence-electron chi connectivity index (χ4n) is 3.80. The molecule has 3 heterocycles. The van der Waals surface area contributed by atoms with E-state index >= 15 is 0 Å². The number of hydroxylamine groups is 1. The molecular weight excluding hydrogens is 418 g/mol. The number of imidazole rings is 1. The Balaban J connectivity index is 1.58. The molecule has 9 heteroatoms. The second kappa shape index (κ2) is 8.64. The minimum Gasteiger partial charge on any atom is -0.358 e. The maximum absolute atomic E-state index is 11.7. The summed E-state index contributed by atoms with van der Waals surface area (Å²) in [5.74, 6) is 0.737. The van der Waals surface area contributed by atoms with Gasteiger partial charge in [-0.05, 0) is 30.7 Å². The van der Waals surface area contributed by atoms with Gasteiger partial charge < -0.3 is 10.3 Å². The van der Waals surface area contributed by atoms with Crippen molar-refractivity contribution in [3.8, 4) is 11.3 Å². The summed E-state index contributed by atoms with van der Waals surface area (Å²) in [5, 5.41) is 13.2. The molecule has 0 aliphatic rings. The molecule has 1 atom stereocenters. The van der Waals surface area contributed by atoms with Crippen molar-refractivity contribution in [2.24, 2.45) is 0 Å². The van der Waals surface area contributed by atoms with Crippen molar-refractivity contribution in [3.63, 3.8) is 0 Å². The van der Waals surface area contributed by atoms with Crippen LogP contribution < -0.4 is 10.8 Å². The van der Waals surface area contributed by atoms with E-state index in [0.717, 1.165) is 39.6 Å². The molecule has 0 saturated heterocycles. The van der Waals surface area contributed by atoms with Crippen molar-refractivity contribution in [3.05, 3.63) is 78.5 Å². The third kappa shape index (κ3) is 3.85. The van der Waals surface area contributed by atoms with E-state index in [1.807, 2.05) is 42.5 Å². The van der Waals surface area contributed by atoms with Gasteiger partial charge in [0, 0.05) is 22.7 Å². The smallest absolute Gasteiger partial charge is 0.274 e. The van der Waals surface area contributed by atoms with Crippen LogP contribution >= 0.6 is 0 Å². The molecule has 0 aliphatic carbocycles. The number of carbonyl (C=O) groups excluding carboxylic acids is 1. The van der Waals surface area contributed by atoms with E-state index in [-0.39, 0.29) is 6.04 Å². The van der Waals surface area contributed by atoms with Gasteiger partial charge in [0.25, 0.3) is 5.91 Å². The van der Waals surface area contributed by atoms with Gasteiger partial charge in [0.2, 0.25) is 0 Å². The molecular formula is C24H21N7O2. The van der Waals surface area contributed by atoms with E-state index in [9.17, 15) is 4.79 Å². The van der Waals surface area contributed by atoms with E-state index in [0.29, 0.717) is 17.2 Å². The largest absolute Gasteiger partial charge is 0.358 e. The first kappa shape index (κ1) is 20.5. The number of rotatable bonds is 6. The molecule has 33 heavy (non-hydrogen) atoms. The van der Waals surface area contributed by atoms with E-state index < -0.39 is 5.91 Å². The highest BCUT2D eigenvalue weighted by Gasteiger charge is 2.19. The third-order valence-electron chi connectivity index (χ3n) is 5.51. The van der Waals surface area contributed by atoms with Crippen molar-refractivity contribution in [2.75, 3.05) is 5.32 Å². The topological polar surface area (TPSA) is 129 Å². The lowest BCUT2D eigenvalue weighted by Gasteiger charge is -2.18. The van der Waals surface area contributed by atoms with Crippen molar-refractivity contribution >= 4 is 33.7 Å². The standard InChI is InChI=1S/C24H21N7O2/c1-2-17(28-23-21-19(11-12-25-23)26-13-27-21)22-29-18-6-4-3-5-16(18)20(30-22)14-7-9-15(10-8-14)24(32)31-33/h3-13,17,33H,2H2,1H3,(H,25,28)(H,26,27)(H,31,32)/t17-/m0/s1. The Morgan fingerprint density at radius 3 is 2.67 bits per heavy atom. The van der Waals surface area contributed by atoms with Crippen LogP contribution in [-0.4, -0.2) is 36.0 Å². The maximum Gasteiger partial charge on any atom is 0.274 e. The molecule has 1 amide bonds. The van der Waals surface area contributed by atoms with Gasteiger partial charge in [-0.2, -0.15) is 0 Å². The molecule has 0 radical (unpaired) electrons.